The summed E-state index contributed by atoms with van der Waals surface area (Å²) in [7, 11) is 1.20. The highest BCUT2D eigenvalue weighted by atomic mass is 31.2. The number of aliphatic hydroxyl groups is 1. The molecule has 0 spiro atoms. The van der Waals surface area contributed by atoms with Gasteiger partial charge in [0.2, 0.25) is 5.91 Å². The van der Waals surface area contributed by atoms with Gasteiger partial charge in [0.15, 0.2) is 0 Å². The van der Waals surface area contributed by atoms with E-state index in [-0.39, 0.29) is 18.9 Å². The van der Waals surface area contributed by atoms with Crippen LogP contribution in [0.4, 0.5) is 0 Å². The number of rotatable bonds is 46. The standard InChI is InChI=1S/C59H99N2O6P/c1-6-8-10-12-14-16-18-20-22-23-24-25-26-27-28-29-30-31-32-33-34-35-36-37-39-41-43-45-47-49-51-53-59(63)60-57(56-67-68(64,65)66-55-54-61(3,4)5)58(62)52-50-48-46-44-42-40-38-21-19-17-15-13-11-9-7-2/h8,10,14,16,20,22,24-25,27-28,30-31,33-34,36-37,41-44,50,52,57-58,62H,6-7,9,11-13,15,17-19,21,23,26,29,32,35,38-40,45-49,51,53-56H2,1-5H3,(H-,60,63,64,65)/b10-8-,16-14-,22-20-,25-24-,28-27-,31-30-,34-33-,37-36-,43-41-,44-42+,52-50+. The number of quaternary nitrogens is 1. The van der Waals surface area contributed by atoms with E-state index in [9.17, 15) is 19.4 Å². The zero-order valence-corrected chi connectivity index (χ0v) is 44.6. The quantitative estimate of drug-likeness (QED) is 0.0272. The maximum absolute atomic E-state index is 12.9. The summed E-state index contributed by atoms with van der Waals surface area (Å²) in [5.74, 6) is -0.246. The van der Waals surface area contributed by atoms with Crippen LogP contribution in [0, 0.1) is 0 Å². The van der Waals surface area contributed by atoms with E-state index in [1.807, 2.05) is 27.2 Å². The van der Waals surface area contributed by atoms with Crippen LogP contribution >= 0.6 is 7.82 Å². The Kier molecular flexibility index (Phi) is 46.3. The van der Waals surface area contributed by atoms with Gasteiger partial charge in [-0.3, -0.25) is 9.36 Å². The van der Waals surface area contributed by atoms with E-state index in [1.165, 1.54) is 57.8 Å². The molecule has 68 heavy (non-hydrogen) atoms. The Morgan fingerprint density at radius 3 is 1.37 bits per heavy atom. The Labute approximate surface area is 417 Å². The van der Waals surface area contributed by atoms with Crippen LogP contribution in [0.25, 0.3) is 0 Å². The first-order chi connectivity index (χ1) is 33.0. The number of hydrogen-bond acceptors (Lipinski definition) is 6. The van der Waals surface area contributed by atoms with E-state index in [0.717, 1.165) is 96.3 Å². The molecule has 3 unspecified atom stereocenters. The molecular formula is C59H99N2O6P. The van der Waals surface area contributed by atoms with Crippen molar-refractivity contribution in [3.63, 3.8) is 0 Å². The molecule has 0 aromatic rings. The molecule has 0 saturated carbocycles. The third kappa shape index (κ3) is 50.5. The molecule has 3 atom stereocenters. The van der Waals surface area contributed by atoms with Gasteiger partial charge < -0.3 is 28.8 Å². The van der Waals surface area contributed by atoms with Crippen molar-refractivity contribution in [2.75, 3.05) is 40.9 Å². The lowest BCUT2D eigenvalue weighted by Crippen LogP contribution is -2.45. The minimum Gasteiger partial charge on any atom is -0.756 e. The van der Waals surface area contributed by atoms with Gasteiger partial charge in [-0.2, -0.15) is 0 Å². The van der Waals surface area contributed by atoms with Crippen molar-refractivity contribution in [1.29, 1.82) is 0 Å². The molecule has 0 radical (unpaired) electrons. The molecule has 0 aliphatic rings. The molecule has 9 heteroatoms. The Balaban J connectivity index is 4.39. The number of phosphoric acid groups is 1. The lowest BCUT2D eigenvalue weighted by molar-refractivity contribution is -0.870. The van der Waals surface area contributed by atoms with Gasteiger partial charge in [0.1, 0.15) is 13.2 Å². The summed E-state index contributed by atoms with van der Waals surface area (Å²) < 4.78 is 23.2. The Bertz CT molecular complexity index is 1560. The number of unbranched alkanes of at least 4 members (excludes halogenated alkanes) is 13. The van der Waals surface area contributed by atoms with Gasteiger partial charge in [-0.25, -0.2) is 0 Å². The van der Waals surface area contributed by atoms with Crippen molar-refractivity contribution in [1.82, 2.24) is 5.32 Å². The third-order valence-electron chi connectivity index (χ3n) is 10.8. The average molecular weight is 963 g/mol. The first-order valence-electron chi connectivity index (χ1n) is 26.5. The number of carbonyl (C=O) groups is 1. The molecular weight excluding hydrogens is 864 g/mol. The summed E-state index contributed by atoms with van der Waals surface area (Å²) >= 11 is 0. The summed E-state index contributed by atoms with van der Waals surface area (Å²) in [4.78, 5) is 25.4. The fraction of sp³-hybridized carbons (Fsp3) is 0.610. The van der Waals surface area contributed by atoms with Crippen molar-refractivity contribution in [3.05, 3.63) is 134 Å². The van der Waals surface area contributed by atoms with Gasteiger partial charge in [-0.15, -0.1) is 0 Å². The normalized spacial score (nSPS) is 15.1. The predicted molar refractivity (Wildman–Crippen MR) is 292 cm³/mol. The van der Waals surface area contributed by atoms with Crippen LogP contribution in [0.5, 0.6) is 0 Å². The summed E-state index contributed by atoms with van der Waals surface area (Å²) in [6.07, 6.45) is 73.8. The first kappa shape index (κ1) is 64.6. The second kappa shape index (κ2) is 48.7. The molecule has 0 heterocycles. The average Bonchev–Trinajstić information content (AvgIpc) is 3.30. The van der Waals surface area contributed by atoms with Crippen molar-refractivity contribution in [3.8, 4) is 0 Å². The molecule has 0 rings (SSSR count). The highest BCUT2D eigenvalue weighted by Gasteiger charge is 2.23. The van der Waals surface area contributed by atoms with E-state index in [1.54, 1.807) is 6.08 Å². The van der Waals surface area contributed by atoms with Gasteiger partial charge >= 0.3 is 0 Å². The molecule has 0 aliphatic carbocycles. The van der Waals surface area contributed by atoms with E-state index in [2.05, 4.69) is 141 Å². The van der Waals surface area contributed by atoms with Gasteiger partial charge in [0.05, 0.1) is 39.9 Å². The minimum absolute atomic E-state index is 0.0211. The highest BCUT2D eigenvalue weighted by molar-refractivity contribution is 7.45. The molecule has 0 fully saturated rings. The van der Waals surface area contributed by atoms with Gasteiger partial charge in [-0.05, 0) is 103 Å². The Hall–Kier alpha value is -3.36. The monoisotopic (exact) mass is 963 g/mol. The highest BCUT2D eigenvalue weighted by Crippen LogP contribution is 2.38. The van der Waals surface area contributed by atoms with Crippen molar-refractivity contribution >= 4 is 13.7 Å². The van der Waals surface area contributed by atoms with Crippen LogP contribution in [0.1, 0.15) is 181 Å². The SMILES string of the molecule is CC/C=C\C/C=C\C/C=C\C/C=C\C/C=C\C/C=C\C/C=C\C/C=C\C/C=C\CCCCCC(=O)NC(COP(=O)([O-])OCC[N+](C)(C)C)C(O)/C=C/CC/C=C/CCCCCCCCCCC. The maximum atomic E-state index is 12.9. The number of allylic oxidation sites excluding steroid dienone is 21. The first-order valence-corrected chi connectivity index (χ1v) is 28.0. The van der Waals surface area contributed by atoms with Gasteiger partial charge in [0, 0.05) is 6.42 Å². The summed E-state index contributed by atoms with van der Waals surface area (Å²) in [5, 5.41) is 13.8. The van der Waals surface area contributed by atoms with E-state index in [4.69, 9.17) is 9.05 Å². The van der Waals surface area contributed by atoms with Crippen molar-refractivity contribution in [2.24, 2.45) is 0 Å². The number of carbonyl (C=O) groups excluding carboxylic acids is 1. The number of likely N-dealkylation sites (N-methyl/N-ethyl adjacent to an activating group) is 1. The van der Waals surface area contributed by atoms with Crippen molar-refractivity contribution in [2.45, 2.75) is 193 Å². The molecule has 0 aromatic carbocycles. The zero-order chi connectivity index (χ0) is 49.9. The van der Waals surface area contributed by atoms with Gasteiger partial charge in [-0.1, -0.05) is 205 Å². The third-order valence-corrected chi connectivity index (χ3v) is 11.8. The largest absolute Gasteiger partial charge is 0.756 e. The minimum atomic E-state index is -4.62. The maximum Gasteiger partial charge on any atom is 0.268 e. The van der Waals surface area contributed by atoms with Crippen LogP contribution in [0.15, 0.2) is 134 Å². The van der Waals surface area contributed by atoms with Gasteiger partial charge in [0.25, 0.3) is 7.82 Å². The molecule has 2 N–H and O–H groups in total. The second-order valence-electron chi connectivity index (χ2n) is 18.5. The Morgan fingerprint density at radius 1 is 0.529 bits per heavy atom. The molecule has 0 aromatic heterocycles. The number of hydrogen-bond donors (Lipinski definition) is 2. The molecule has 0 bridgehead atoms. The zero-order valence-electron chi connectivity index (χ0n) is 43.7. The van der Waals surface area contributed by atoms with Crippen LogP contribution in [-0.2, 0) is 18.4 Å². The van der Waals surface area contributed by atoms with Crippen LogP contribution in [-0.4, -0.2) is 68.5 Å². The van der Waals surface area contributed by atoms with E-state index >= 15 is 0 Å². The van der Waals surface area contributed by atoms with Crippen LogP contribution in [0.2, 0.25) is 0 Å². The lowest BCUT2D eigenvalue weighted by Gasteiger charge is -2.29. The topological polar surface area (TPSA) is 108 Å². The number of aliphatic hydroxyl groups excluding tert-OH is 1. The molecule has 0 saturated heterocycles. The molecule has 8 nitrogen and oxygen atoms in total. The predicted octanol–water partition coefficient (Wildman–Crippen LogP) is 15.3. The fourth-order valence-electron chi connectivity index (χ4n) is 6.69. The number of phosphoric ester groups is 1. The van der Waals surface area contributed by atoms with Crippen molar-refractivity contribution < 1.29 is 32.9 Å². The molecule has 0 aliphatic heterocycles. The smallest absolute Gasteiger partial charge is 0.268 e. The molecule has 386 valence electrons. The van der Waals surface area contributed by atoms with E-state index in [0.29, 0.717) is 17.4 Å². The number of nitrogens with zero attached hydrogens (tertiary/aromatic N) is 1. The lowest BCUT2D eigenvalue weighted by atomic mass is 10.1. The van der Waals surface area contributed by atoms with Crippen LogP contribution < -0.4 is 10.2 Å². The van der Waals surface area contributed by atoms with Crippen LogP contribution in [0.3, 0.4) is 0 Å². The fourth-order valence-corrected chi connectivity index (χ4v) is 7.41. The summed E-state index contributed by atoms with van der Waals surface area (Å²) in [5.41, 5.74) is 0. The summed E-state index contributed by atoms with van der Waals surface area (Å²) in [6, 6.07) is -0.931. The van der Waals surface area contributed by atoms with E-state index < -0.39 is 26.6 Å². The molecule has 1 amide bonds. The second-order valence-corrected chi connectivity index (χ2v) is 19.9. The summed E-state index contributed by atoms with van der Waals surface area (Å²) in [6.45, 7) is 4.45. The number of nitrogens with one attached hydrogen (secondary N) is 1. The number of amides is 1. The Morgan fingerprint density at radius 2 is 0.912 bits per heavy atom.